The Kier molecular flexibility index (Phi) is 3.07. The average molecular weight is 263 g/mol. The third-order valence-corrected chi connectivity index (χ3v) is 4.38. The fourth-order valence-electron chi connectivity index (χ4n) is 3.32. The summed E-state index contributed by atoms with van der Waals surface area (Å²) in [6.45, 7) is 5.41. The predicted octanol–water partition coefficient (Wildman–Crippen LogP) is 2.49. The highest BCUT2D eigenvalue weighted by atomic mass is 16.5. The van der Waals surface area contributed by atoms with Crippen molar-refractivity contribution in [3.63, 3.8) is 0 Å². The first-order valence-electron chi connectivity index (χ1n) is 7.18. The highest BCUT2D eigenvalue weighted by Gasteiger charge is 2.44. The van der Waals surface area contributed by atoms with Gasteiger partial charge < -0.3 is 9.42 Å². The van der Waals surface area contributed by atoms with Crippen LogP contribution in [0.4, 0.5) is 0 Å². The Balaban J connectivity index is 1.68. The van der Waals surface area contributed by atoms with Gasteiger partial charge in [-0.25, -0.2) is 0 Å². The van der Waals surface area contributed by atoms with E-state index in [2.05, 4.69) is 10.1 Å². The van der Waals surface area contributed by atoms with Crippen molar-refractivity contribution in [1.29, 1.82) is 0 Å². The van der Waals surface area contributed by atoms with Gasteiger partial charge in [0.25, 0.3) is 0 Å². The van der Waals surface area contributed by atoms with Crippen molar-refractivity contribution in [3.8, 4) is 0 Å². The van der Waals surface area contributed by atoms with Crippen molar-refractivity contribution in [2.24, 2.45) is 5.41 Å². The molecule has 104 valence electrons. The molecule has 5 nitrogen and oxygen atoms in total. The second kappa shape index (κ2) is 4.62. The SMILES string of the molecule is CC(C)c1nc(CN2CC3(CCCC3)CC2=O)no1. The standard InChI is InChI=1S/C14H21N3O2/c1-10(2)13-15-11(16-19-13)8-17-9-14(7-12(17)18)5-3-4-6-14/h10H,3-9H2,1-2H3. The number of amides is 1. The van der Waals surface area contributed by atoms with Crippen molar-refractivity contribution >= 4 is 5.91 Å². The van der Waals surface area contributed by atoms with Crippen LogP contribution in [0.5, 0.6) is 0 Å². The molecular formula is C14H21N3O2. The smallest absolute Gasteiger partial charge is 0.229 e. The number of hydrogen-bond donors (Lipinski definition) is 0. The molecule has 1 aromatic rings. The normalized spacial score (nSPS) is 22.1. The lowest BCUT2D eigenvalue weighted by molar-refractivity contribution is -0.128. The summed E-state index contributed by atoms with van der Waals surface area (Å²) in [5.74, 6) is 1.76. The first-order chi connectivity index (χ1) is 9.08. The van der Waals surface area contributed by atoms with E-state index in [0.29, 0.717) is 24.7 Å². The molecule has 5 heteroatoms. The first kappa shape index (κ1) is 12.6. The van der Waals surface area contributed by atoms with Crippen LogP contribution < -0.4 is 0 Å². The van der Waals surface area contributed by atoms with Crippen LogP contribution >= 0.6 is 0 Å². The molecule has 1 saturated carbocycles. The fourth-order valence-corrected chi connectivity index (χ4v) is 3.32. The molecule has 1 amide bonds. The van der Waals surface area contributed by atoms with Crippen LogP contribution in [0.15, 0.2) is 4.52 Å². The molecule has 0 radical (unpaired) electrons. The van der Waals surface area contributed by atoms with Gasteiger partial charge in [0.05, 0.1) is 6.54 Å². The molecule has 1 saturated heterocycles. The molecule has 2 aliphatic rings. The molecule has 1 aliphatic carbocycles. The molecule has 3 rings (SSSR count). The van der Waals surface area contributed by atoms with Crippen molar-refractivity contribution < 1.29 is 9.32 Å². The fraction of sp³-hybridized carbons (Fsp3) is 0.786. The Morgan fingerprint density at radius 3 is 2.74 bits per heavy atom. The zero-order valence-corrected chi connectivity index (χ0v) is 11.7. The summed E-state index contributed by atoms with van der Waals surface area (Å²) in [5.41, 5.74) is 0.252. The lowest BCUT2D eigenvalue weighted by atomic mass is 9.85. The minimum absolute atomic E-state index is 0.233. The molecule has 0 unspecified atom stereocenters. The van der Waals surface area contributed by atoms with E-state index in [1.54, 1.807) is 0 Å². The molecule has 2 heterocycles. The molecular weight excluding hydrogens is 242 g/mol. The summed E-state index contributed by atoms with van der Waals surface area (Å²) in [6, 6.07) is 0. The van der Waals surface area contributed by atoms with Crippen LogP contribution in [0.25, 0.3) is 0 Å². The minimum Gasteiger partial charge on any atom is -0.339 e. The first-order valence-corrected chi connectivity index (χ1v) is 7.18. The number of rotatable bonds is 3. The number of hydrogen-bond acceptors (Lipinski definition) is 4. The van der Waals surface area contributed by atoms with E-state index in [1.807, 2.05) is 18.7 Å². The molecule has 1 aliphatic heterocycles. The summed E-state index contributed by atoms with van der Waals surface area (Å²) in [4.78, 5) is 18.4. The molecule has 0 N–H and O–H groups in total. The molecule has 0 aromatic carbocycles. The monoisotopic (exact) mass is 263 g/mol. The summed E-state index contributed by atoms with van der Waals surface area (Å²) < 4.78 is 5.19. The summed E-state index contributed by atoms with van der Waals surface area (Å²) >= 11 is 0. The van der Waals surface area contributed by atoms with Gasteiger partial charge in [-0.15, -0.1) is 0 Å². The van der Waals surface area contributed by atoms with Crippen LogP contribution in [0.3, 0.4) is 0 Å². The molecule has 19 heavy (non-hydrogen) atoms. The van der Waals surface area contributed by atoms with Gasteiger partial charge in [0, 0.05) is 18.9 Å². The van der Waals surface area contributed by atoms with Crippen LogP contribution in [0, 0.1) is 5.41 Å². The Labute approximate surface area is 113 Å². The van der Waals surface area contributed by atoms with Gasteiger partial charge in [-0.05, 0) is 18.3 Å². The summed E-state index contributed by atoms with van der Waals surface area (Å²) in [5, 5.41) is 3.97. The molecule has 0 atom stereocenters. The number of aromatic nitrogens is 2. The number of likely N-dealkylation sites (tertiary alicyclic amines) is 1. The van der Waals surface area contributed by atoms with Crippen molar-refractivity contribution in [1.82, 2.24) is 15.0 Å². The van der Waals surface area contributed by atoms with Gasteiger partial charge in [0.1, 0.15) is 0 Å². The van der Waals surface area contributed by atoms with Gasteiger partial charge in [0.2, 0.25) is 11.8 Å². The van der Waals surface area contributed by atoms with E-state index < -0.39 is 0 Å². The average Bonchev–Trinajstić information content (AvgIpc) is 3.03. The maximum absolute atomic E-state index is 12.1. The maximum Gasteiger partial charge on any atom is 0.229 e. The van der Waals surface area contributed by atoms with Crippen molar-refractivity contribution in [2.45, 2.75) is 58.4 Å². The van der Waals surface area contributed by atoms with E-state index in [4.69, 9.17) is 4.52 Å². The van der Waals surface area contributed by atoms with Crippen LogP contribution in [0.1, 0.15) is 63.6 Å². The van der Waals surface area contributed by atoms with Gasteiger partial charge in [-0.1, -0.05) is 31.8 Å². The Morgan fingerprint density at radius 2 is 2.11 bits per heavy atom. The number of carbonyl (C=O) groups excluding carboxylic acids is 1. The van der Waals surface area contributed by atoms with Gasteiger partial charge in [-0.2, -0.15) is 4.98 Å². The minimum atomic E-state index is 0.233. The second-order valence-electron chi connectivity index (χ2n) is 6.34. The molecule has 1 aromatic heterocycles. The predicted molar refractivity (Wildman–Crippen MR) is 69.3 cm³/mol. The highest BCUT2D eigenvalue weighted by Crippen LogP contribution is 2.45. The largest absolute Gasteiger partial charge is 0.339 e. The van der Waals surface area contributed by atoms with Gasteiger partial charge in [0.15, 0.2) is 5.82 Å². The molecule has 2 fully saturated rings. The van der Waals surface area contributed by atoms with Crippen LogP contribution in [-0.4, -0.2) is 27.5 Å². The van der Waals surface area contributed by atoms with E-state index >= 15 is 0 Å². The lowest BCUT2D eigenvalue weighted by Crippen LogP contribution is -2.27. The third kappa shape index (κ3) is 2.38. The van der Waals surface area contributed by atoms with Gasteiger partial charge >= 0.3 is 0 Å². The van der Waals surface area contributed by atoms with Crippen LogP contribution in [-0.2, 0) is 11.3 Å². The Bertz CT molecular complexity index is 475. The van der Waals surface area contributed by atoms with E-state index in [0.717, 1.165) is 6.54 Å². The molecule has 0 bridgehead atoms. The summed E-state index contributed by atoms with van der Waals surface area (Å²) in [7, 11) is 0. The topological polar surface area (TPSA) is 59.2 Å². The quantitative estimate of drug-likeness (QED) is 0.840. The Hall–Kier alpha value is -1.39. The van der Waals surface area contributed by atoms with E-state index in [9.17, 15) is 4.79 Å². The van der Waals surface area contributed by atoms with Crippen molar-refractivity contribution in [3.05, 3.63) is 11.7 Å². The van der Waals surface area contributed by atoms with E-state index in [-0.39, 0.29) is 17.2 Å². The highest BCUT2D eigenvalue weighted by molar-refractivity contribution is 5.79. The molecule has 1 spiro atoms. The van der Waals surface area contributed by atoms with Crippen LogP contribution in [0.2, 0.25) is 0 Å². The Morgan fingerprint density at radius 1 is 1.37 bits per heavy atom. The zero-order chi connectivity index (χ0) is 13.5. The zero-order valence-electron chi connectivity index (χ0n) is 11.7. The van der Waals surface area contributed by atoms with E-state index in [1.165, 1.54) is 25.7 Å². The van der Waals surface area contributed by atoms with Crippen molar-refractivity contribution in [2.75, 3.05) is 6.54 Å². The lowest BCUT2D eigenvalue weighted by Gasteiger charge is -2.22. The second-order valence-corrected chi connectivity index (χ2v) is 6.34. The number of nitrogens with zero attached hydrogens (tertiary/aromatic N) is 3. The maximum atomic E-state index is 12.1. The van der Waals surface area contributed by atoms with Gasteiger partial charge in [-0.3, -0.25) is 4.79 Å². The number of carbonyl (C=O) groups is 1. The summed E-state index contributed by atoms with van der Waals surface area (Å²) in [6.07, 6.45) is 5.63. The third-order valence-electron chi connectivity index (χ3n) is 4.38.